The Morgan fingerprint density at radius 2 is 2.08 bits per heavy atom. The number of hydrogen-bond acceptors (Lipinski definition) is 4. The Morgan fingerprint density at radius 3 is 2.71 bits per heavy atom. The fraction of sp³-hybridized carbons (Fsp3) is 0.444. The molecular weight excluding hydrogens is 342 g/mol. The Kier molecular flexibility index (Phi) is 5.39. The van der Waals surface area contributed by atoms with Crippen molar-refractivity contribution in [1.82, 2.24) is 4.31 Å². The number of nitrogens with zero attached hydrogens (tertiary/aromatic N) is 1. The van der Waals surface area contributed by atoms with E-state index in [0.29, 0.717) is 18.0 Å². The average Bonchev–Trinajstić information content (AvgIpc) is 3.23. The van der Waals surface area contributed by atoms with E-state index < -0.39 is 10.0 Å². The number of hydrogen-bond donors (Lipinski definition) is 0. The highest BCUT2D eigenvalue weighted by molar-refractivity contribution is 7.89. The van der Waals surface area contributed by atoms with E-state index in [1.165, 1.54) is 0 Å². The average molecular weight is 366 g/mol. The van der Waals surface area contributed by atoms with Gasteiger partial charge in [0.2, 0.25) is 10.0 Å². The molecule has 1 aromatic carbocycles. The first-order valence-electron chi connectivity index (χ1n) is 8.18. The predicted octanol–water partition coefficient (Wildman–Crippen LogP) is 3.73. The number of sulfonamides is 1. The molecule has 0 unspecified atom stereocenters. The maximum absolute atomic E-state index is 13.2. The number of thiophene rings is 1. The number of aryl methyl sites for hydroxylation is 2. The minimum Gasteiger partial charge on any atom is -0.377 e. The van der Waals surface area contributed by atoms with Crippen LogP contribution in [0.2, 0.25) is 0 Å². The van der Waals surface area contributed by atoms with Gasteiger partial charge in [-0.3, -0.25) is 0 Å². The van der Waals surface area contributed by atoms with Gasteiger partial charge in [0.05, 0.1) is 11.0 Å². The Balaban J connectivity index is 1.90. The van der Waals surface area contributed by atoms with Crippen molar-refractivity contribution in [3.05, 3.63) is 51.7 Å². The second-order valence-corrected chi connectivity index (χ2v) is 9.23. The quantitative estimate of drug-likeness (QED) is 0.783. The molecule has 1 aliphatic heterocycles. The molecule has 1 atom stereocenters. The third-order valence-electron chi connectivity index (χ3n) is 4.46. The minimum absolute atomic E-state index is 0.00807. The Labute approximate surface area is 148 Å². The smallest absolute Gasteiger partial charge is 0.243 e. The number of rotatable bonds is 6. The van der Waals surface area contributed by atoms with Crippen LogP contribution in [0.1, 0.15) is 28.8 Å². The molecule has 1 aromatic heterocycles. The van der Waals surface area contributed by atoms with E-state index in [0.717, 1.165) is 35.5 Å². The van der Waals surface area contributed by atoms with Crippen LogP contribution < -0.4 is 0 Å². The van der Waals surface area contributed by atoms with E-state index in [1.54, 1.807) is 27.8 Å². The van der Waals surface area contributed by atoms with Crippen LogP contribution in [0.3, 0.4) is 0 Å². The summed E-state index contributed by atoms with van der Waals surface area (Å²) in [6, 6.07) is 9.27. The second-order valence-electron chi connectivity index (χ2n) is 6.26. The van der Waals surface area contributed by atoms with Gasteiger partial charge in [-0.25, -0.2) is 8.42 Å². The van der Waals surface area contributed by atoms with E-state index in [9.17, 15) is 8.42 Å². The maximum atomic E-state index is 13.2. The van der Waals surface area contributed by atoms with Gasteiger partial charge in [0, 0.05) is 24.6 Å². The summed E-state index contributed by atoms with van der Waals surface area (Å²) in [5.41, 5.74) is 2.09. The first kappa shape index (κ1) is 17.6. The molecule has 6 heteroatoms. The molecule has 0 spiro atoms. The van der Waals surface area contributed by atoms with Gasteiger partial charge in [0.25, 0.3) is 0 Å². The van der Waals surface area contributed by atoms with Gasteiger partial charge in [-0.2, -0.15) is 4.31 Å². The Bertz CT molecular complexity index is 779. The van der Waals surface area contributed by atoms with Crippen molar-refractivity contribution in [2.24, 2.45) is 0 Å². The molecule has 0 aliphatic carbocycles. The molecule has 1 fully saturated rings. The molecule has 2 aromatic rings. The summed E-state index contributed by atoms with van der Waals surface area (Å²) >= 11 is 1.58. The van der Waals surface area contributed by atoms with Gasteiger partial charge in [-0.05, 0) is 61.4 Å². The van der Waals surface area contributed by atoms with E-state index >= 15 is 0 Å². The van der Waals surface area contributed by atoms with Gasteiger partial charge < -0.3 is 4.74 Å². The van der Waals surface area contributed by atoms with Crippen molar-refractivity contribution < 1.29 is 13.2 Å². The molecule has 1 aliphatic rings. The lowest BCUT2D eigenvalue weighted by Crippen LogP contribution is -2.36. The highest BCUT2D eigenvalue weighted by atomic mass is 32.2. The van der Waals surface area contributed by atoms with Crippen LogP contribution in [-0.2, 0) is 21.3 Å². The fourth-order valence-corrected chi connectivity index (χ4v) is 5.20. The van der Waals surface area contributed by atoms with Gasteiger partial charge in [0.15, 0.2) is 0 Å². The molecule has 0 saturated carbocycles. The van der Waals surface area contributed by atoms with Gasteiger partial charge >= 0.3 is 0 Å². The van der Waals surface area contributed by atoms with Gasteiger partial charge in [-0.1, -0.05) is 12.1 Å². The first-order valence-corrected chi connectivity index (χ1v) is 10.5. The van der Waals surface area contributed by atoms with Crippen molar-refractivity contribution in [1.29, 1.82) is 0 Å². The molecule has 24 heavy (non-hydrogen) atoms. The van der Waals surface area contributed by atoms with Crippen LogP contribution >= 0.6 is 11.3 Å². The number of benzene rings is 1. The second kappa shape index (κ2) is 7.35. The molecule has 1 saturated heterocycles. The first-order chi connectivity index (χ1) is 11.5. The SMILES string of the molecule is Cc1ccc(S(=O)(=O)N(Cc2cccs2)C[C@@H]2CCCO2)cc1C. The maximum Gasteiger partial charge on any atom is 0.243 e. The van der Waals surface area contributed by atoms with Crippen molar-refractivity contribution in [2.75, 3.05) is 13.2 Å². The van der Waals surface area contributed by atoms with Crippen molar-refractivity contribution >= 4 is 21.4 Å². The summed E-state index contributed by atoms with van der Waals surface area (Å²) in [5, 5.41) is 1.97. The summed E-state index contributed by atoms with van der Waals surface area (Å²) < 4.78 is 33.6. The molecule has 3 rings (SSSR count). The van der Waals surface area contributed by atoms with E-state index in [1.807, 2.05) is 37.4 Å². The van der Waals surface area contributed by atoms with Crippen molar-refractivity contribution in [3.8, 4) is 0 Å². The van der Waals surface area contributed by atoms with Crippen LogP contribution in [-0.4, -0.2) is 32.0 Å². The summed E-state index contributed by atoms with van der Waals surface area (Å²) in [5.74, 6) is 0. The van der Waals surface area contributed by atoms with Crippen LogP contribution in [0.25, 0.3) is 0 Å². The van der Waals surface area contributed by atoms with Gasteiger partial charge in [-0.15, -0.1) is 11.3 Å². The molecule has 0 N–H and O–H groups in total. The fourth-order valence-electron chi connectivity index (χ4n) is 2.86. The normalized spacial score (nSPS) is 18.4. The zero-order valence-electron chi connectivity index (χ0n) is 14.1. The lowest BCUT2D eigenvalue weighted by Gasteiger charge is -2.24. The van der Waals surface area contributed by atoms with Crippen LogP contribution in [0, 0.1) is 13.8 Å². The van der Waals surface area contributed by atoms with Crippen LogP contribution in [0.5, 0.6) is 0 Å². The topological polar surface area (TPSA) is 46.6 Å². The predicted molar refractivity (Wildman–Crippen MR) is 96.8 cm³/mol. The molecule has 2 heterocycles. The highest BCUT2D eigenvalue weighted by Gasteiger charge is 2.29. The summed E-state index contributed by atoms with van der Waals surface area (Å²) in [6.45, 7) is 5.46. The molecule has 0 amide bonds. The Morgan fingerprint density at radius 1 is 1.25 bits per heavy atom. The van der Waals surface area contributed by atoms with Crippen molar-refractivity contribution in [3.63, 3.8) is 0 Å². The lowest BCUT2D eigenvalue weighted by atomic mass is 10.1. The van der Waals surface area contributed by atoms with Gasteiger partial charge in [0.1, 0.15) is 0 Å². The third-order valence-corrected chi connectivity index (χ3v) is 7.13. The Hall–Kier alpha value is -1.21. The monoisotopic (exact) mass is 365 g/mol. The number of ether oxygens (including phenoxy) is 1. The van der Waals surface area contributed by atoms with Crippen LogP contribution in [0.4, 0.5) is 0 Å². The third kappa shape index (κ3) is 3.88. The zero-order valence-corrected chi connectivity index (χ0v) is 15.7. The minimum atomic E-state index is -3.54. The van der Waals surface area contributed by atoms with Crippen molar-refractivity contribution in [2.45, 2.75) is 44.2 Å². The summed E-state index contributed by atoms with van der Waals surface area (Å²) in [4.78, 5) is 1.40. The van der Waals surface area contributed by atoms with E-state index in [2.05, 4.69) is 0 Å². The molecule has 130 valence electrons. The standard InChI is InChI=1S/C18H23NO3S2/c1-14-7-8-18(11-15(14)2)24(20,21)19(12-16-5-3-9-22-16)13-17-6-4-10-23-17/h4,6-8,10-11,16H,3,5,9,12-13H2,1-2H3/t16-/m0/s1. The molecule has 0 radical (unpaired) electrons. The summed E-state index contributed by atoms with van der Waals surface area (Å²) in [6.07, 6.45) is 1.91. The lowest BCUT2D eigenvalue weighted by molar-refractivity contribution is 0.0927. The van der Waals surface area contributed by atoms with Crippen LogP contribution in [0.15, 0.2) is 40.6 Å². The molecular formula is C18H23NO3S2. The largest absolute Gasteiger partial charge is 0.377 e. The molecule has 0 bridgehead atoms. The zero-order chi connectivity index (χ0) is 17.2. The molecule has 4 nitrogen and oxygen atoms in total. The summed E-state index contributed by atoms with van der Waals surface area (Å²) in [7, 11) is -3.54. The van der Waals surface area contributed by atoms with E-state index in [4.69, 9.17) is 4.74 Å². The highest BCUT2D eigenvalue weighted by Crippen LogP contribution is 2.25. The van der Waals surface area contributed by atoms with E-state index in [-0.39, 0.29) is 6.10 Å².